The Labute approximate surface area is 179 Å². The number of amides is 3. The van der Waals surface area contributed by atoms with Gasteiger partial charge in [-0.3, -0.25) is 19.3 Å². The van der Waals surface area contributed by atoms with Gasteiger partial charge in [-0.15, -0.1) is 0 Å². The zero-order chi connectivity index (χ0) is 22.6. The van der Waals surface area contributed by atoms with Gasteiger partial charge in [-0.1, -0.05) is 30.3 Å². The third kappa shape index (κ3) is 3.15. The van der Waals surface area contributed by atoms with Gasteiger partial charge < -0.3 is 15.4 Å². The second-order valence-electron chi connectivity index (χ2n) is 8.61. The quantitative estimate of drug-likeness (QED) is 0.776. The molecular formula is C23H23N3O5. The third-order valence-electron chi connectivity index (χ3n) is 5.34. The largest absolute Gasteiger partial charge is 0.444 e. The zero-order valence-electron chi connectivity index (χ0n) is 17.7. The molecule has 2 aliphatic rings. The lowest BCUT2D eigenvalue weighted by Gasteiger charge is -2.38. The number of para-hydroxylation sites is 2. The van der Waals surface area contributed by atoms with Crippen molar-refractivity contribution in [2.75, 3.05) is 10.2 Å². The summed E-state index contributed by atoms with van der Waals surface area (Å²) in [5.41, 5.74) is -1.14. The maximum absolute atomic E-state index is 13.6. The van der Waals surface area contributed by atoms with Crippen LogP contribution in [0.3, 0.4) is 0 Å². The zero-order valence-corrected chi connectivity index (χ0v) is 17.7. The monoisotopic (exact) mass is 421 g/mol. The molecule has 2 heterocycles. The van der Waals surface area contributed by atoms with Crippen molar-refractivity contribution in [3.05, 3.63) is 59.7 Å². The van der Waals surface area contributed by atoms with E-state index in [2.05, 4.69) is 10.6 Å². The predicted molar refractivity (Wildman–Crippen MR) is 114 cm³/mol. The highest BCUT2D eigenvalue weighted by Gasteiger charge is 2.62. The number of rotatable bonds is 2. The van der Waals surface area contributed by atoms with E-state index in [9.17, 15) is 19.2 Å². The minimum atomic E-state index is -1.86. The molecule has 31 heavy (non-hydrogen) atoms. The van der Waals surface area contributed by atoms with Crippen LogP contribution in [-0.2, 0) is 19.9 Å². The maximum atomic E-state index is 13.6. The van der Waals surface area contributed by atoms with Gasteiger partial charge in [0.25, 0.3) is 5.91 Å². The SMILES string of the molecule is CC(=O)N1c2ccccc2C(=O)[C@@H]1[C@]1(NC(=O)OC(C)(C)C)C(=O)Nc2ccccc21. The fraction of sp³-hybridized carbons (Fsp3) is 0.304. The van der Waals surface area contributed by atoms with Gasteiger partial charge in [0.15, 0.2) is 11.3 Å². The lowest BCUT2D eigenvalue weighted by molar-refractivity contribution is -0.123. The topological polar surface area (TPSA) is 105 Å². The molecule has 2 aliphatic heterocycles. The standard InChI is InChI=1S/C23H23N3O5/c1-13(27)26-17-12-8-5-9-14(17)18(28)19(26)23(25-21(30)31-22(2,3)4)15-10-6-7-11-16(15)24-20(23)29/h5-12,19H,1-4H3,(H,24,29)(H,25,30)/t19-,23+/m1/s1. The molecule has 0 aromatic heterocycles. The number of fused-ring (bicyclic) bond motifs is 2. The van der Waals surface area contributed by atoms with Crippen LogP contribution in [0.1, 0.15) is 43.6 Å². The molecule has 0 unspecified atom stereocenters. The number of anilines is 2. The van der Waals surface area contributed by atoms with E-state index in [0.717, 1.165) is 0 Å². The first-order valence-electron chi connectivity index (χ1n) is 9.91. The van der Waals surface area contributed by atoms with E-state index in [1.165, 1.54) is 11.8 Å². The summed E-state index contributed by atoms with van der Waals surface area (Å²) in [6, 6.07) is 12.1. The predicted octanol–water partition coefficient (Wildman–Crippen LogP) is 2.98. The third-order valence-corrected chi connectivity index (χ3v) is 5.34. The molecule has 2 aromatic rings. The number of nitrogens with one attached hydrogen (secondary N) is 2. The number of Topliss-reactive ketones (excluding diaryl/α,β-unsaturated/α-hetero) is 1. The van der Waals surface area contributed by atoms with Crippen LogP contribution in [-0.4, -0.2) is 35.3 Å². The highest BCUT2D eigenvalue weighted by Crippen LogP contribution is 2.46. The molecule has 2 aromatic carbocycles. The van der Waals surface area contributed by atoms with Gasteiger partial charge in [0.2, 0.25) is 5.91 Å². The van der Waals surface area contributed by atoms with Crippen LogP contribution < -0.4 is 15.5 Å². The number of carbonyl (C=O) groups excluding carboxylic acids is 4. The molecule has 3 amide bonds. The molecule has 0 spiro atoms. The van der Waals surface area contributed by atoms with E-state index >= 15 is 0 Å². The average Bonchev–Trinajstić information content (AvgIpc) is 3.13. The number of nitrogens with zero attached hydrogens (tertiary/aromatic N) is 1. The first kappa shape index (κ1) is 20.6. The van der Waals surface area contributed by atoms with E-state index in [0.29, 0.717) is 22.5 Å². The van der Waals surface area contributed by atoms with Gasteiger partial charge in [-0.25, -0.2) is 4.79 Å². The van der Waals surface area contributed by atoms with Crippen LogP contribution in [0.5, 0.6) is 0 Å². The second kappa shape index (κ2) is 6.94. The van der Waals surface area contributed by atoms with Crippen molar-refractivity contribution in [3.8, 4) is 0 Å². The van der Waals surface area contributed by atoms with Gasteiger partial charge in [-0.05, 0) is 39.0 Å². The summed E-state index contributed by atoms with van der Waals surface area (Å²) in [7, 11) is 0. The highest BCUT2D eigenvalue weighted by atomic mass is 16.6. The molecule has 0 bridgehead atoms. The average molecular weight is 421 g/mol. The first-order chi connectivity index (χ1) is 14.6. The van der Waals surface area contributed by atoms with Crippen LogP contribution in [0.4, 0.5) is 16.2 Å². The molecule has 0 fully saturated rings. The van der Waals surface area contributed by atoms with Gasteiger partial charge in [0.1, 0.15) is 11.6 Å². The fourth-order valence-electron chi connectivity index (χ4n) is 4.25. The van der Waals surface area contributed by atoms with Crippen LogP contribution in [0.25, 0.3) is 0 Å². The smallest absolute Gasteiger partial charge is 0.408 e. The van der Waals surface area contributed by atoms with Crippen molar-refractivity contribution in [3.63, 3.8) is 0 Å². The molecule has 4 rings (SSSR count). The van der Waals surface area contributed by atoms with Crippen molar-refractivity contribution < 1.29 is 23.9 Å². The van der Waals surface area contributed by atoms with Crippen LogP contribution in [0.15, 0.2) is 48.5 Å². The minimum Gasteiger partial charge on any atom is -0.444 e. The molecule has 0 radical (unpaired) electrons. The first-order valence-corrected chi connectivity index (χ1v) is 9.91. The van der Waals surface area contributed by atoms with E-state index in [4.69, 9.17) is 4.74 Å². The summed E-state index contributed by atoms with van der Waals surface area (Å²) in [5.74, 6) is -1.48. The van der Waals surface area contributed by atoms with E-state index in [1.807, 2.05) is 0 Å². The summed E-state index contributed by atoms with van der Waals surface area (Å²) in [4.78, 5) is 53.8. The van der Waals surface area contributed by atoms with E-state index in [1.54, 1.807) is 69.3 Å². The molecule has 8 nitrogen and oxygen atoms in total. The number of carbonyl (C=O) groups is 4. The molecule has 2 N–H and O–H groups in total. The van der Waals surface area contributed by atoms with Crippen molar-refractivity contribution in [2.45, 2.75) is 44.9 Å². The Bertz CT molecular complexity index is 1120. The van der Waals surface area contributed by atoms with Gasteiger partial charge in [0.05, 0.1) is 5.69 Å². The summed E-state index contributed by atoms with van der Waals surface area (Å²) in [6.07, 6.45) is -0.869. The Balaban J connectivity index is 1.92. The molecule has 160 valence electrons. The van der Waals surface area contributed by atoms with E-state index < -0.39 is 40.9 Å². The summed E-state index contributed by atoms with van der Waals surface area (Å²) in [6.45, 7) is 6.41. The molecule has 2 atom stereocenters. The van der Waals surface area contributed by atoms with Crippen LogP contribution >= 0.6 is 0 Å². The summed E-state index contributed by atoms with van der Waals surface area (Å²) >= 11 is 0. The Hall–Kier alpha value is -3.68. The van der Waals surface area contributed by atoms with Gasteiger partial charge in [-0.2, -0.15) is 0 Å². The minimum absolute atomic E-state index is 0.310. The van der Waals surface area contributed by atoms with Crippen molar-refractivity contribution in [1.82, 2.24) is 5.32 Å². The Morgan fingerprint density at radius 3 is 2.39 bits per heavy atom. The van der Waals surface area contributed by atoms with Crippen LogP contribution in [0.2, 0.25) is 0 Å². The fourth-order valence-corrected chi connectivity index (χ4v) is 4.25. The molecule has 0 saturated heterocycles. The van der Waals surface area contributed by atoms with Crippen LogP contribution in [0, 0.1) is 0 Å². The second-order valence-corrected chi connectivity index (χ2v) is 8.61. The molecule has 0 saturated carbocycles. The number of benzene rings is 2. The number of ketones is 1. The number of alkyl carbamates (subject to hydrolysis) is 1. The lowest BCUT2D eigenvalue weighted by atomic mass is 9.81. The molecular weight excluding hydrogens is 398 g/mol. The molecule has 0 aliphatic carbocycles. The van der Waals surface area contributed by atoms with E-state index in [-0.39, 0.29) is 0 Å². The number of ether oxygens (including phenoxy) is 1. The van der Waals surface area contributed by atoms with Crippen molar-refractivity contribution in [1.29, 1.82) is 0 Å². The normalized spacial score (nSPS) is 21.9. The Morgan fingerprint density at radius 1 is 1.06 bits per heavy atom. The Morgan fingerprint density at radius 2 is 1.71 bits per heavy atom. The number of hydrogen-bond acceptors (Lipinski definition) is 5. The summed E-state index contributed by atoms with van der Waals surface area (Å²) < 4.78 is 5.41. The van der Waals surface area contributed by atoms with Gasteiger partial charge >= 0.3 is 6.09 Å². The van der Waals surface area contributed by atoms with Gasteiger partial charge in [0, 0.05) is 23.7 Å². The number of hydrogen-bond donors (Lipinski definition) is 2. The summed E-state index contributed by atoms with van der Waals surface area (Å²) in [5, 5.41) is 5.40. The van der Waals surface area contributed by atoms with Crippen molar-refractivity contribution >= 4 is 35.1 Å². The maximum Gasteiger partial charge on any atom is 0.408 e. The lowest BCUT2D eigenvalue weighted by Crippen LogP contribution is -2.65. The van der Waals surface area contributed by atoms with Crippen molar-refractivity contribution in [2.24, 2.45) is 0 Å². The molecule has 8 heteroatoms. The highest BCUT2D eigenvalue weighted by molar-refractivity contribution is 6.23. The Kier molecular flexibility index (Phi) is 4.61.